The maximum atomic E-state index is 12.4. The van der Waals surface area contributed by atoms with Gasteiger partial charge in [-0.05, 0) is 26.0 Å². The van der Waals surface area contributed by atoms with Crippen LogP contribution in [0.2, 0.25) is 0 Å². The van der Waals surface area contributed by atoms with Gasteiger partial charge in [0.25, 0.3) is 5.91 Å². The van der Waals surface area contributed by atoms with Gasteiger partial charge < -0.3 is 20.1 Å². The summed E-state index contributed by atoms with van der Waals surface area (Å²) in [6.07, 6.45) is 1.89. The van der Waals surface area contributed by atoms with E-state index in [-0.39, 0.29) is 17.5 Å². The van der Waals surface area contributed by atoms with Gasteiger partial charge in [-0.3, -0.25) is 14.6 Å². The minimum atomic E-state index is -0.362. The second-order valence-electron chi connectivity index (χ2n) is 5.28. The Kier molecular flexibility index (Phi) is 6.96. The third kappa shape index (κ3) is 4.95. The molecule has 0 aliphatic heterocycles. The van der Waals surface area contributed by atoms with Crippen LogP contribution in [-0.4, -0.2) is 30.0 Å². The summed E-state index contributed by atoms with van der Waals surface area (Å²) in [6.45, 7) is 6.26. The second-order valence-corrected chi connectivity index (χ2v) is 5.28. The smallest absolute Gasteiger partial charge is 0.274 e. The zero-order chi connectivity index (χ0) is 18.9. The molecule has 0 aliphatic rings. The minimum Gasteiger partial charge on any atom is -0.492 e. The van der Waals surface area contributed by atoms with Crippen LogP contribution < -0.4 is 20.1 Å². The topological polar surface area (TPSA) is 89.6 Å². The number of carbonyl (C=O) groups is 2. The fraction of sp³-hybridized carbons (Fsp3) is 0.316. The van der Waals surface area contributed by atoms with Gasteiger partial charge in [-0.15, -0.1) is 0 Å². The first kappa shape index (κ1) is 19.2. The molecule has 0 unspecified atom stereocenters. The number of hydrogen-bond acceptors (Lipinski definition) is 5. The standard InChI is InChI=1S/C19H23N3O4/c1-4-18(23)21-14-11-17(26-6-3)15(12-16(14)25-5-2)22-19(24)13-9-7-8-10-20-13/h7-12H,4-6H2,1-3H3,(H,21,23)(H,22,24). The number of pyridine rings is 1. The molecule has 138 valence electrons. The summed E-state index contributed by atoms with van der Waals surface area (Å²) in [5.74, 6) is 0.388. The van der Waals surface area contributed by atoms with Gasteiger partial charge in [0, 0.05) is 24.8 Å². The number of nitrogens with one attached hydrogen (secondary N) is 2. The van der Waals surface area contributed by atoms with Crippen LogP contribution in [0.5, 0.6) is 11.5 Å². The van der Waals surface area contributed by atoms with Crippen LogP contribution >= 0.6 is 0 Å². The Morgan fingerprint density at radius 1 is 0.962 bits per heavy atom. The SMILES string of the molecule is CCOc1cc(NC(=O)c2ccccn2)c(OCC)cc1NC(=O)CC. The molecule has 1 aromatic heterocycles. The molecule has 2 aromatic rings. The number of aromatic nitrogens is 1. The van der Waals surface area contributed by atoms with Crippen molar-refractivity contribution in [3.05, 3.63) is 42.2 Å². The molecule has 0 saturated heterocycles. The summed E-state index contributed by atoms with van der Waals surface area (Å²) < 4.78 is 11.2. The lowest BCUT2D eigenvalue weighted by molar-refractivity contribution is -0.115. The van der Waals surface area contributed by atoms with E-state index >= 15 is 0 Å². The molecule has 26 heavy (non-hydrogen) atoms. The number of nitrogens with zero attached hydrogens (tertiary/aromatic N) is 1. The van der Waals surface area contributed by atoms with Crippen LogP contribution in [-0.2, 0) is 4.79 Å². The van der Waals surface area contributed by atoms with Crippen molar-refractivity contribution in [1.29, 1.82) is 0 Å². The average molecular weight is 357 g/mol. The van der Waals surface area contributed by atoms with Crippen LogP contribution in [0.25, 0.3) is 0 Å². The van der Waals surface area contributed by atoms with E-state index in [1.165, 1.54) is 0 Å². The average Bonchev–Trinajstić information content (AvgIpc) is 2.65. The van der Waals surface area contributed by atoms with E-state index < -0.39 is 0 Å². The summed E-state index contributed by atoms with van der Waals surface area (Å²) >= 11 is 0. The van der Waals surface area contributed by atoms with Crippen LogP contribution in [0.3, 0.4) is 0 Å². The monoisotopic (exact) mass is 357 g/mol. The fourth-order valence-corrected chi connectivity index (χ4v) is 2.23. The van der Waals surface area contributed by atoms with Gasteiger partial charge in [-0.25, -0.2) is 0 Å². The maximum Gasteiger partial charge on any atom is 0.274 e. The largest absolute Gasteiger partial charge is 0.492 e. The number of benzene rings is 1. The number of rotatable bonds is 8. The van der Waals surface area contributed by atoms with Crippen molar-refractivity contribution in [2.75, 3.05) is 23.8 Å². The van der Waals surface area contributed by atoms with Gasteiger partial charge >= 0.3 is 0 Å². The molecule has 0 bridgehead atoms. The van der Waals surface area contributed by atoms with Crippen LogP contribution in [0.15, 0.2) is 36.5 Å². The molecular weight excluding hydrogens is 334 g/mol. The van der Waals surface area contributed by atoms with E-state index in [9.17, 15) is 9.59 Å². The molecule has 0 fully saturated rings. The lowest BCUT2D eigenvalue weighted by Crippen LogP contribution is -2.16. The van der Waals surface area contributed by atoms with E-state index in [1.807, 2.05) is 13.8 Å². The highest BCUT2D eigenvalue weighted by atomic mass is 16.5. The van der Waals surface area contributed by atoms with Crippen molar-refractivity contribution < 1.29 is 19.1 Å². The summed E-state index contributed by atoms with van der Waals surface area (Å²) in [5, 5.41) is 5.57. The molecule has 0 atom stereocenters. The van der Waals surface area contributed by atoms with Crippen molar-refractivity contribution in [1.82, 2.24) is 4.98 Å². The molecule has 0 saturated carbocycles. The molecule has 1 aromatic carbocycles. The van der Waals surface area contributed by atoms with Gasteiger partial charge in [0.05, 0.1) is 24.6 Å². The van der Waals surface area contributed by atoms with E-state index in [0.29, 0.717) is 42.5 Å². The van der Waals surface area contributed by atoms with Gasteiger partial charge in [0.1, 0.15) is 17.2 Å². The first-order valence-electron chi connectivity index (χ1n) is 8.54. The highest BCUT2D eigenvalue weighted by Crippen LogP contribution is 2.37. The molecule has 0 spiro atoms. The predicted octanol–water partition coefficient (Wildman–Crippen LogP) is 3.48. The summed E-state index contributed by atoms with van der Waals surface area (Å²) in [7, 11) is 0. The molecule has 0 radical (unpaired) electrons. The Bertz CT molecular complexity index is 763. The molecule has 0 aliphatic carbocycles. The lowest BCUT2D eigenvalue weighted by Gasteiger charge is -2.17. The number of amides is 2. The minimum absolute atomic E-state index is 0.140. The van der Waals surface area contributed by atoms with E-state index in [4.69, 9.17) is 9.47 Å². The van der Waals surface area contributed by atoms with E-state index in [0.717, 1.165) is 0 Å². The first-order valence-corrected chi connectivity index (χ1v) is 8.54. The Hall–Kier alpha value is -3.09. The molecule has 2 amide bonds. The zero-order valence-electron chi connectivity index (χ0n) is 15.2. The number of anilines is 2. The molecule has 1 heterocycles. The van der Waals surface area contributed by atoms with Crippen LogP contribution in [0.1, 0.15) is 37.7 Å². The second kappa shape index (κ2) is 9.41. The fourth-order valence-electron chi connectivity index (χ4n) is 2.23. The van der Waals surface area contributed by atoms with E-state index in [2.05, 4.69) is 15.6 Å². The summed E-state index contributed by atoms with van der Waals surface area (Å²) in [4.78, 5) is 28.2. The van der Waals surface area contributed by atoms with Crippen molar-refractivity contribution in [3.8, 4) is 11.5 Å². The lowest BCUT2D eigenvalue weighted by atomic mass is 10.2. The Balaban J connectivity index is 2.38. The number of carbonyl (C=O) groups excluding carboxylic acids is 2. The zero-order valence-corrected chi connectivity index (χ0v) is 15.2. The highest BCUT2D eigenvalue weighted by molar-refractivity contribution is 6.04. The van der Waals surface area contributed by atoms with Crippen LogP contribution in [0, 0.1) is 0 Å². The van der Waals surface area contributed by atoms with Crippen molar-refractivity contribution in [3.63, 3.8) is 0 Å². The normalized spacial score (nSPS) is 10.1. The predicted molar refractivity (Wildman–Crippen MR) is 99.9 cm³/mol. The Labute approximate surface area is 152 Å². The maximum absolute atomic E-state index is 12.4. The van der Waals surface area contributed by atoms with Crippen LogP contribution in [0.4, 0.5) is 11.4 Å². The van der Waals surface area contributed by atoms with E-state index in [1.54, 1.807) is 43.5 Å². The quantitative estimate of drug-likeness (QED) is 0.755. The Morgan fingerprint density at radius 3 is 2.08 bits per heavy atom. The molecular formula is C19H23N3O4. The summed E-state index contributed by atoms with van der Waals surface area (Å²) in [5.41, 5.74) is 1.23. The Morgan fingerprint density at radius 2 is 1.58 bits per heavy atom. The molecule has 7 nitrogen and oxygen atoms in total. The van der Waals surface area contributed by atoms with Gasteiger partial charge in [-0.1, -0.05) is 13.0 Å². The third-order valence-corrected chi connectivity index (χ3v) is 3.42. The number of ether oxygens (including phenoxy) is 2. The van der Waals surface area contributed by atoms with Gasteiger partial charge in [0.15, 0.2) is 0 Å². The summed E-state index contributed by atoms with van der Waals surface area (Å²) in [6, 6.07) is 8.38. The molecule has 2 N–H and O–H groups in total. The van der Waals surface area contributed by atoms with Crippen molar-refractivity contribution >= 4 is 23.2 Å². The number of hydrogen-bond donors (Lipinski definition) is 2. The molecule has 7 heteroatoms. The van der Waals surface area contributed by atoms with Gasteiger partial charge in [-0.2, -0.15) is 0 Å². The highest BCUT2D eigenvalue weighted by Gasteiger charge is 2.16. The molecule has 2 rings (SSSR count). The third-order valence-electron chi connectivity index (χ3n) is 3.42. The van der Waals surface area contributed by atoms with Gasteiger partial charge in [0.2, 0.25) is 5.91 Å². The first-order chi connectivity index (χ1) is 12.6. The van der Waals surface area contributed by atoms with Crippen molar-refractivity contribution in [2.45, 2.75) is 27.2 Å². The van der Waals surface area contributed by atoms with Crippen molar-refractivity contribution in [2.24, 2.45) is 0 Å².